The van der Waals surface area contributed by atoms with Gasteiger partial charge in [-0.25, -0.2) is 9.78 Å². The number of aryl methyl sites for hydroxylation is 1. The maximum atomic E-state index is 12.0. The van der Waals surface area contributed by atoms with E-state index in [1.807, 2.05) is 38.2 Å². The monoisotopic (exact) mass is 329 g/mol. The van der Waals surface area contributed by atoms with Gasteiger partial charge in [0.25, 0.3) is 0 Å². The highest BCUT2D eigenvalue weighted by Gasteiger charge is 2.12. The van der Waals surface area contributed by atoms with Gasteiger partial charge in [0, 0.05) is 31.5 Å². The van der Waals surface area contributed by atoms with Gasteiger partial charge in [-0.2, -0.15) is 0 Å². The molecule has 24 heavy (non-hydrogen) atoms. The van der Waals surface area contributed by atoms with Crippen LogP contribution in [-0.2, 0) is 18.3 Å². The first-order valence-corrected chi connectivity index (χ1v) is 8.08. The smallest absolute Gasteiger partial charge is 0.319 e. The third kappa shape index (κ3) is 3.86. The number of nitrogens with zero attached hydrogens (tertiary/aromatic N) is 3. The SMILES string of the molecule is Cc1ccc(CNC(=O)Nc2ccc(N3CCOCC3)nc2)n1C. The van der Waals surface area contributed by atoms with Crippen molar-refractivity contribution in [1.82, 2.24) is 14.9 Å². The Morgan fingerprint density at radius 3 is 2.67 bits per heavy atom. The summed E-state index contributed by atoms with van der Waals surface area (Å²) in [5, 5.41) is 5.66. The number of carbonyl (C=O) groups excluding carboxylic acids is 1. The predicted molar refractivity (Wildman–Crippen MR) is 93.3 cm³/mol. The van der Waals surface area contributed by atoms with Crippen LogP contribution in [0.25, 0.3) is 0 Å². The summed E-state index contributed by atoms with van der Waals surface area (Å²) in [5.41, 5.74) is 2.89. The molecular weight excluding hydrogens is 306 g/mol. The van der Waals surface area contributed by atoms with Crippen LogP contribution in [-0.4, -0.2) is 41.9 Å². The highest BCUT2D eigenvalue weighted by atomic mass is 16.5. The summed E-state index contributed by atoms with van der Waals surface area (Å²) >= 11 is 0. The Morgan fingerprint density at radius 2 is 2.04 bits per heavy atom. The molecule has 1 aliphatic rings. The lowest BCUT2D eigenvalue weighted by Crippen LogP contribution is -2.36. The Kier molecular flexibility index (Phi) is 5.00. The zero-order valence-electron chi connectivity index (χ0n) is 14.1. The van der Waals surface area contributed by atoms with Gasteiger partial charge in [0.2, 0.25) is 0 Å². The van der Waals surface area contributed by atoms with Crippen LogP contribution in [0, 0.1) is 6.92 Å². The van der Waals surface area contributed by atoms with Crippen LogP contribution in [0.4, 0.5) is 16.3 Å². The maximum absolute atomic E-state index is 12.0. The summed E-state index contributed by atoms with van der Waals surface area (Å²) < 4.78 is 7.39. The largest absolute Gasteiger partial charge is 0.378 e. The number of carbonyl (C=O) groups is 1. The van der Waals surface area contributed by atoms with E-state index >= 15 is 0 Å². The van der Waals surface area contributed by atoms with Crippen LogP contribution in [0.1, 0.15) is 11.4 Å². The van der Waals surface area contributed by atoms with Crippen molar-refractivity contribution in [3.8, 4) is 0 Å². The topological polar surface area (TPSA) is 71.4 Å². The molecule has 2 N–H and O–H groups in total. The van der Waals surface area contributed by atoms with Crippen molar-refractivity contribution in [2.75, 3.05) is 36.5 Å². The van der Waals surface area contributed by atoms with Gasteiger partial charge in [-0.1, -0.05) is 0 Å². The van der Waals surface area contributed by atoms with Crippen LogP contribution < -0.4 is 15.5 Å². The second kappa shape index (κ2) is 7.35. The average Bonchev–Trinajstić information content (AvgIpc) is 2.93. The summed E-state index contributed by atoms with van der Waals surface area (Å²) in [5.74, 6) is 0.906. The van der Waals surface area contributed by atoms with E-state index in [4.69, 9.17) is 4.74 Å². The normalized spacial score (nSPS) is 14.5. The lowest BCUT2D eigenvalue weighted by molar-refractivity contribution is 0.122. The van der Waals surface area contributed by atoms with Crippen molar-refractivity contribution < 1.29 is 9.53 Å². The lowest BCUT2D eigenvalue weighted by Gasteiger charge is -2.27. The third-order valence-electron chi connectivity index (χ3n) is 4.25. The van der Waals surface area contributed by atoms with E-state index in [1.54, 1.807) is 6.20 Å². The summed E-state index contributed by atoms with van der Waals surface area (Å²) in [4.78, 5) is 18.6. The standard InChI is InChI=1S/C17H23N5O2/c1-13-3-5-15(21(13)2)12-19-17(23)20-14-4-6-16(18-11-14)22-7-9-24-10-8-22/h3-6,11H,7-10,12H2,1-2H3,(H2,19,20,23). The van der Waals surface area contributed by atoms with Gasteiger partial charge in [-0.05, 0) is 31.2 Å². The Hall–Kier alpha value is -2.54. The van der Waals surface area contributed by atoms with E-state index in [2.05, 4.69) is 25.1 Å². The number of hydrogen-bond donors (Lipinski definition) is 2. The van der Waals surface area contributed by atoms with E-state index < -0.39 is 0 Å². The molecule has 7 heteroatoms. The van der Waals surface area contributed by atoms with Gasteiger partial charge < -0.3 is 24.8 Å². The van der Waals surface area contributed by atoms with Gasteiger partial charge in [0.05, 0.1) is 31.6 Å². The van der Waals surface area contributed by atoms with Crippen LogP contribution in [0.15, 0.2) is 30.5 Å². The van der Waals surface area contributed by atoms with Gasteiger partial charge >= 0.3 is 6.03 Å². The summed E-state index contributed by atoms with van der Waals surface area (Å²) in [6.07, 6.45) is 1.68. The number of rotatable bonds is 4. The Morgan fingerprint density at radius 1 is 1.25 bits per heavy atom. The maximum Gasteiger partial charge on any atom is 0.319 e. The molecule has 0 atom stereocenters. The minimum Gasteiger partial charge on any atom is -0.378 e. The molecule has 0 aliphatic carbocycles. The second-order valence-corrected chi connectivity index (χ2v) is 5.84. The minimum atomic E-state index is -0.241. The molecule has 2 aromatic heterocycles. The molecule has 0 radical (unpaired) electrons. The van der Waals surface area contributed by atoms with Gasteiger partial charge in [0.15, 0.2) is 0 Å². The average molecular weight is 329 g/mol. The van der Waals surface area contributed by atoms with Crippen molar-refractivity contribution in [3.63, 3.8) is 0 Å². The molecule has 3 rings (SSSR count). The quantitative estimate of drug-likeness (QED) is 0.898. The van der Waals surface area contributed by atoms with Gasteiger partial charge in [-0.15, -0.1) is 0 Å². The van der Waals surface area contributed by atoms with Crippen molar-refractivity contribution in [1.29, 1.82) is 0 Å². The molecule has 0 spiro atoms. The Labute approximate surface area is 141 Å². The molecule has 7 nitrogen and oxygen atoms in total. The Bertz CT molecular complexity index is 690. The van der Waals surface area contributed by atoms with Gasteiger partial charge in [-0.3, -0.25) is 0 Å². The number of morpholine rings is 1. The van der Waals surface area contributed by atoms with Crippen molar-refractivity contribution in [2.24, 2.45) is 7.05 Å². The van der Waals surface area contributed by atoms with E-state index in [9.17, 15) is 4.79 Å². The molecule has 0 bridgehead atoms. The number of pyridine rings is 1. The predicted octanol–water partition coefficient (Wildman–Crippen LogP) is 1.89. The highest BCUT2D eigenvalue weighted by Crippen LogP contribution is 2.15. The fraction of sp³-hybridized carbons (Fsp3) is 0.412. The van der Waals surface area contributed by atoms with Gasteiger partial charge in [0.1, 0.15) is 5.82 Å². The van der Waals surface area contributed by atoms with E-state index in [0.717, 1.165) is 43.5 Å². The summed E-state index contributed by atoms with van der Waals surface area (Å²) in [6.45, 7) is 5.65. The lowest BCUT2D eigenvalue weighted by atomic mass is 10.3. The van der Waals surface area contributed by atoms with E-state index in [0.29, 0.717) is 12.2 Å². The number of amides is 2. The van der Waals surface area contributed by atoms with Crippen molar-refractivity contribution >= 4 is 17.5 Å². The van der Waals surface area contributed by atoms with Crippen LogP contribution in [0.3, 0.4) is 0 Å². The number of ether oxygens (including phenoxy) is 1. The zero-order valence-corrected chi connectivity index (χ0v) is 14.1. The molecule has 2 amide bonds. The fourth-order valence-corrected chi connectivity index (χ4v) is 2.63. The molecule has 1 aliphatic heterocycles. The molecule has 1 fully saturated rings. The first-order valence-electron chi connectivity index (χ1n) is 8.08. The molecule has 1 saturated heterocycles. The fourth-order valence-electron chi connectivity index (χ4n) is 2.63. The Balaban J connectivity index is 1.51. The number of aromatic nitrogens is 2. The molecular formula is C17H23N5O2. The van der Waals surface area contributed by atoms with Crippen molar-refractivity contribution in [2.45, 2.75) is 13.5 Å². The van der Waals surface area contributed by atoms with Crippen LogP contribution in [0.5, 0.6) is 0 Å². The zero-order chi connectivity index (χ0) is 16.9. The molecule has 0 saturated carbocycles. The molecule has 128 valence electrons. The number of hydrogen-bond acceptors (Lipinski definition) is 4. The minimum absolute atomic E-state index is 0.241. The molecule has 3 heterocycles. The van der Waals surface area contributed by atoms with E-state index in [-0.39, 0.29) is 6.03 Å². The summed E-state index contributed by atoms with van der Waals surface area (Å²) in [6, 6.07) is 7.58. The van der Waals surface area contributed by atoms with Crippen LogP contribution in [0.2, 0.25) is 0 Å². The van der Waals surface area contributed by atoms with Crippen molar-refractivity contribution in [3.05, 3.63) is 41.9 Å². The van der Waals surface area contributed by atoms with E-state index in [1.165, 1.54) is 0 Å². The first kappa shape index (κ1) is 16.3. The number of nitrogens with one attached hydrogen (secondary N) is 2. The molecule has 2 aromatic rings. The number of urea groups is 1. The molecule has 0 unspecified atom stereocenters. The van der Waals surface area contributed by atoms with Crippen LogP contribution >= 0.6 is 0 Å². The highest BCUT2D eigenvalue weighted by molar-refractivity contribution is 5.89. The summed E-state index contributed by atoms with van der Waals surface area (Å²) in [7, 11) is 1.98. The number of anilines is 2. The third-order valence-corrected chi connectivity index (χ3v) is 4.25. The molecule has 0 aromatic carbocycles. The first-order chi connectivity index (χ1) is 11.6. The second-order valence-electron chi connectivity index (χ2n) is 5.84.